The molecule has 5 nitrogen and oxygen atoms in total. The number of hydrazine groups is 1. The van der Waals surface area contributed by atoms with E-state index < -0.39 is 0 Å². The number of morpholine rings is 1. The summed E-state index contributed by atoms with van der Waals surface area (Å²) in [5.74, 6) is 0.865. The van der Waals surface area contributed by atoms with Gasteiger partial charge in [-0.2, -0.15) is 0 Å². The second-order valence-electron chi connectivity index (χ2n) is 3.46. The first kappa shape index (κ1) is 10.3. The summed E-state index contributed by atoms with van der Waals surface area (Å²) in [6, 6.07) is 1.98. The van der Waals surface area contributed by atoms with E-state index in [1.165, 1.54) is 0 Å². The van der Waals surface area contributed by atoms with E-state index in [2.05, 4.69) is 27.3 Å². The first-order chi connectivity index (χ1) is 7.38. The Bertz CT molecular complexity index is 312. The third-order valence-corrected chi connectivity index (χ3v) is 2.37. The minimum atomic E-state index is 0.777. The number of hydrogen-bond donors (Lipinski definition) is 1. The van der Waals surface area contributed by atoms with Crippen molar-refractivity contribution in [1.82, 2.24) is 15.0 Å². The molecule has 0 amide bonds. The molecule has 1 fully saturated rings. The lowest BCUT2D eigenvalue weighted by molar-refractivity contribution is 0.0495. The van der Waals surface area contributed by atoms with Gasteiger partial charge >= 0.3 is 0 Å². The van der Waals surface area contributed by atoms with Crippen molar-refractivity contribution in [3.63, 3.8) is 0 Å². The molecule has 1 aromatic rings. The third-order valence-electron chi connectivity index (χ3n) is 2.37. The van der Waals surface area contributed by atoms with Crippen LogP contribution in [0.25, 0.3) is 0 Å². The van der Waals surface area contributed by atoms with Crippen molar-refractivity contribution in [2.24, 2.45) is 0 Å². The highest BCUT2D eigenvalue weighted by Gasteiger charge is 2.10. The molecule has 1 aromatic heterocycles. The Morgan fingerprint density at radius 1 is 1.40 bits per heavy atom. The lowest BCUT2D eigenvalue weighted by atomic mass is 10.3. The molecule has 1 aliphatic heterocycles. The molecular weight excluding hydrogens is 192 g/mol. The van der Waals surface area contributed by atoms with Crippen molar-refractivity contribution in [2.75, 3.05) is 31.7 Å². The van der Waals surface area contributed by atoms with Crippen molar-refractivity contribution >= 4 is 5.82 Å². The van der Waals surface area contributed by atoms with Crippen LogP contribution in [0.3, 0.4) is 0 Å². The Kier molecular flexibility index (Phi) is 3.47. The Labute approximate surface area is 89.4 Å². The Hall–Kier alpha value is -1.20. The minimum Gasteiger partial charge on any atom is -0.379 e. The van der Waals surface area contributed by atoms with E-state index in [9.17, 15) is 0 Å². The van der Waals surface area contributed by atoms with Crippen LogP contribution in [0.1, 0.15) is 12.6 Å². The van der Waals surface area contributed by atoms with Crippen LogP contribution >= 0.6 is 0 Å². The highest BCUT2D eigenvalue weighted by atomic mass is 16.5. The number of anilines is 1. The fourth-order valence-electron chi connectivity index (χ4n) is 1.49. The monoisotopic (exact) mass is 208 g/mol. The van der Waals surface area contributed by atoms with Gasteiger partial charge in [-0.15, -0.1) is 0 Å². The number of aryl methyl sites for hydroxylation is 1. The quantitative estimate of drug-likeness (QED) is 0.792. The van der Waals surface area contributed by atoms with Crippen LogP contribution in [0.4, 0.5) is 5.82 Å². The highest BCUT2D eigenvalue weighted by molar-refractivity contribution is 5.33. The molecule has 0 aliphatic carbocycles. The molecular formula is C10H16N4O. The summed E-state index contributed by atoms with van der Waals surface area (Å²) < 4.78 is 5.27. The molecule has 0 aromatic carbocycles. The minimum absolute atomic E-state index is 0.777. The van der Waals surface area contributed by atoms with Crippen LogP contribution < -0.4 is 5.43 Å². The molecule has 0 saturated carbocycles. The summed E-state index contributed by atoms with van der Waals surface area (Å²) in [6.07, 6.45) is 2.53. The fourth-order valence-corrected chi connectivity index (χ4v) is 1.49. The van der Waals surface area contributed by atoms with Gasteiger partial charge in [0.05, 0.1) is 13.2 Å². The van der Waals surface area contributed by atoms with Crippen LogP contribution in [0, 0.1) is 0 Å². The number of rotatable bonds is 3. The summed E-state index contributed by atoms with van der Waals surface area (Å²) in [4.78, 5) is 8.33. The van der Waals surface area contributed by atoms with Gasteiger partial charge in [0.15, 0.2) is 0 Å². The zero-order valence-corrected chi connectivity index (χ0v) is 8.94. The predicted octanol–water partition coefficient (Wildman–Crippen LogP) is 0.698. The van der Waals surface area contributed by atoms with Crippen molar-refractivity contribution in [3.8, 4) is 0 Å². The van der Waals surface area contributed by atoms with Crippen LogP contribution in [-0.2, 0) is 11.2 Å². The molecule has 1 saturated heterocycles. The SMILES string of the molecule is CCc1cc(NN2CCOCC2)ncn1. The first-order valence-corrected chi connectivity index (χ1v) is 5.29. The maximum absolute atomic E-state index is 5.27. The smallest absolute Gasteiger partial charge is 0.143 e. The van der Waals surface area contributed by atoms with Gasteiger partial charge in [-0.25, -0.2) is 15.0 Å². The molecule has 1 N–H and O–H groups in total. The number of ether oxygens (including phenoxy) is 1. The molecule has 0 unspecified atom stereocenters. The summed E-state index contributed by atoms with van der Waals surface area (Å²) in [6.45, 7) is 5.43. The van der Waals surface area contributed by atoms with Crippen molar-refractivity contribution in [2.45, 2.75) is 13.3 Å². The van der Waals surface area contributed by atoms with Gasteiger partial charge < -0.3 is 10.2 Å². The molecule has 0 bridgehead atoms. The van der Waals surface area contributed by atoms with Gasteiger partial charge in [0.2, 0.25) is 0 Å². The molecule has 2 rings (SSSR count). The van der Waals surface area contributed by atoms with E-state index in [1.54, 1.807) is 6.33 Å². The van der Waals surface area contributed by atoms with Crippen LogP contribution in [-0.4, -0.2) is 41.3 Å². The van der Waals surface area contributed by atoms with E-state index in [0.29, 0.717) is 0 Å². The second-order valence-corrected chi connectivity index (χ2v) is 3.46. The molecule has 0 spiro atoms. The second kappa shape index (κ2) is 5.04. The summed E-state index contributed by atoms with van der Waals surface area (Å²) in [5.41, 5.74) is 4.31. The van der Waals surface area contributed by atoms with Gasteiger partial charge in [0.25, 0.3) is 0 Å². The van der Waals surface area contributed by atoms with Gasteiger partial charge in [0.1, 0.15) is 12.1 Å². The molecule has 82 valence electrons. The largest absolute Gasteiger partial charge is 0.379 e. The van der Waals surface area contributed by atoms with E-state index in [4.69, 9.17) is 4.74 Å². The summed E-state index contributed by atoms with van der Waals surface area (Å²) in [7, 11) is 0. The zero-order valence-electron chi connectivity index (χ0n) is 8.94. The van der Waals surface area contributed by atoms with Crippen LogP contribution in [0.2, 0.25) is 0 Å². The predicted molar refractivity (Wildman–Crippen MR) is 57.4 cm³/mol. The van der Waals surface area contributed by atoms with Gasteiger partial charge in [-0.1, -0.05) is 6.92 Å². The topological polar surface area (TPSA) is 50.3 Å². The number of nitrogens with zero attached hydrogens (tertiary/aromatic N) is 3. The lowest BCUT2D eigenvalue weighted by Gasteiger charge is -2.27. The maximum atomic E-state index is 5.27. The molecule has 0 radical (unpaired) electrons. The average Bonchev–Trinajstić information content (AvgIpc) is 2.31. The normalized spacial score (nSPS) is 17.7. The van der Waals surface area contributed by atoms with Crippen molar-refractivity contribution in [3.05, 3.63) is 18.1 Å². The maximum Gasteiger partial charge on any atom is 0.143 e. The zero-order chi connectivity index (χ0) is 10.5. The lowest BCUT2D eigenvalue weighted by Crippen LogP contribution is -2.40. The van der Waals surface area contributed by atoms with Gasteiger partial charge in [-0.05, 0) is 6.42 Å². The molecule has 5 heteroatoms. The molecule has 2 heterocycles. The van der Waals surface area contributed by atoms with Crippen LogP contribution in [0.5, 0.6) is 0 Å². The van der Waals surface area contributed by atoms with Crippen molar-refractivity contribution < 1.29 is 4.74 Å². The van der Waals surface area contributed by atoms with E-state index >= 15 is 0 Å². The Morgan fingerprint density at radius 3 is 2.93 bits per heavy atom. The van der Waals surface area contributed by atoms with Crippen molar-refractivity contribution in [1.29, 1.82) is 0 Å². The van der Waals surface area contributed by atoms with Gasteiger partial charge in [0, 0.05) is 24.8 Å². The van der Waals surface area contributed by atoms with E-state index in [1.807, 2.05) is 6.07 Å². The summed E-state index contributed by atoms with van der Waals surface area (Å²) in [5, 5.41) is 2.12. The fraction of sp³-hybridized carbons (Fsp3) is 0.600. The van der Waals surface area contributed by atoms with Crippen LogP contribution in [0.15, 0.2) is 12.4 Å². The molecule has 1 aliphatic rings. The number of aromatic nitrogens is 2. The molecule has 0 atom stereocenters. The first-order valence-electron chi connectivity index (χ1n) is 5.29. The standard InChI is InChI=1S/C10H16N4O/c1-2-9-7-10(12-8-11-9)13-14-3-5-15-6-4-14/h7-8H,2-6H2,1H3,(H,11,12,13). The van der Waals surface area contributed by atoms with Gasteiger partial charge in [-0.3, -0.25) is 0 Å². The number of nitrogens with one attached hydrogen (secondary N) is 1. The number of hydrogen-bond acceptors (Lipinski definition) is 5. The molecule has 15 heavy (non-hydrogen) atoms. The van der Waals surface area contributed by atoms with E-state index in [0.717, 1.165) is 44.2 Å². The van der Waals surface area contributed by atoms with E-state index in [-0.39, 0.29) is 0 Å². The highest BCUT2D eigenvalue weighted by Crippen LogP contribution is 2.06. The summed E-state index contributed by atoms with van der Waals surface area (Å²) >= 11 is 0. The Balaban J connectivity index is 1.96. The third kappa shape index (κ3) is 2.87. The Morgan fingerprint density at radius 2 is 2.20 bits per heavy atom. The average molecular weight is 208 g/mol.